The summed E-state index contributed by atoms with van der Waals surface area (Å²) in [6, 6.07) is 64.3. The Morgan fingerprint density at radius 1 is 0.314 bits per heavy atom. The SMILES string of the molecule is CC(C)N(Cc1ccccc1OCCCCCC(=O)O)C(=O)c1ccc(-c2ccccc2)cc1.CC(C)N(Cc1ccccc1OCCCCCC(=O)O)C(=O)c1ccc(-c2cccnc2)cc1.CC(C)N(Cc1ccccc1OCCCCCC(=O)O)C(=O)c1ccc(-c2ccncc2)cc1. The number of hydrogen-bond donors (Lipinski definition) is 3. The minimum absolute atomic E-state index is 0.00887. The Morgan fingerprint density at radius 3 is 0.922 bits per heavy atom. The summed E-state index contributed by atoms with van der Waals surface area (Å²) in [5, 5.41) is 26.2. The number of rotatable bonds is 36. The van der Waals surface area contributed by atoms with Gasteiger partial charge in [-0.1, -0.05) is 127 Å². The van der Waals surface area contributed by atoms with E-state index in [9.17, 15) is 28.8 Å². The third kappa shape index (κ3) is 26.0. The average molecular weight is 1380 g/mol. The number of aromatic nitrogens is 2. The molecule has 0 unspecified atom stereocenters. The summed E-state index contributed by atoms with van der Waals surface area (Å²) >= 11 is 0. The number of hydrogen-bond acceptors (Lipinski definition) is 11. The number of aliphatic carboxylic acids is 3. The molecule has 0 atom stereocenters. The summed E-state index contributed by atoms with van der Waals surface area (Å²) in [6.07, 6.45) is 14.4. The smallest absolute Gasteiger partial charge is 0.303 e. The number of nitrogens with zero attached hydrogens (tertiary/aromatic N) is 5. The van der Waals surface area contributed by atoms with Crippen LogP contribution in [0.3, 0.4) is 0 Å². The third-order valence-corrected chi connectivity index (χ3v) is 17.0. The fraction of sp³-hybridized carbons (Fsp3) is 0.318. The maximum absolute atomic E-state index is 13.4. The van der Waals surface area contributed by atoms with Crippen LogP contribution in [0.4, 0.5) is 0 Å². The van der Waals surface area contributed by atoms with Crippen molar-refractivity contribution in [3.8, 4) is 50.6 Å². The number of amides is 3. The first-order valence-corrected chi connectivity index (χ1v) is 35.2. The number of carboxylic acids is 3. The van der Waals surface area contributed by atoms with E-state index in [1.165, 1.54) is 0 Å². The van der Waals surface area contributed by atoms with Gasteiger partial charge in [-0.25, -0.2) is 0 Å². The number of benzene rings is 7. The standard InChI is InChI=1S/C29H33NO4.2C28H32N2O4/c1-22(2)30(29(33)25-18-16-24(17-19-25)23-11-5-3-6-12-23)21-26-13-8-9-14-27(26)34-20-10-4-7-15-28(31)32;1-21(2)30(28(33)23-15-13-22(14-16-23)24-10-8-17-29-19-24)20-25-9-5-6-11-26(25)34-18-7-3-4-12-27(31)32;1-21(2)30(28(33)24-13-11-22(12-14-24)23-15-17-29-18-16-23)20-25-8-5-6-9-26(25)34-19-7-3-4-10-27(31)32/h3,5-6,8-9,11-14,16-19,22H,4,7,10,15,20-21H2,1-2H3,(H,31,32);5-6,8-11,13-17,19,21H,3-4,7,12,18,20H2,1-2H3,(H,31,32);5-6,8-9,11-18,21H,3-4,7,10,19-20H2,1-2H3,(H,31,32). The van der Waals surface area contributed by atoms with Crippen molar-refractivity contribution in [2.45, 2.75) is 156 Å². The Morgan fingerprint density at radius 2 is 0.608 bits per heavy atom. The van der Waals surface area contributed by atoms with Gasteiger partial charge >= 0.3 is 17.9 Å². The molecular formula is C85H97N5O12. The number of carboxylic acid groups (broad SMARTS) is 3. The van der Waals surface area contributed by atoms with Crippen molar-refractivity contribution in [3.63, 3.8) is 0 Å². The van der Waals surface area contributed by atoms with Gasteiger partial charge in [0.05, 0.1) is 19.8 Å². The van der Waals surface area contributed by atoms with Crippen LogP contribution in [0, 0.1) is 0 Å². The Bertz CT molecular complexity index is 3610. The zero-order chi connectivity index (χ0) is 73.0. The lowest BCUT2D eigenvalue weighted by molar-refractivity contribution is -0.138. The Balaban J connectivity index is 0.000000214. The van der Waals surface area contributed by atoms with Crippen molar-refractivity contribution in [2.24, 2.45) is 0 Å². The van der Waals surface area contributed by atoms with Crippen molar-refractivity contribution in [1.29, 1.82) is 0 Å². The van der Waals surface area contributed by atoms with Gasteiger partial charge in [0.25, 0.3) is 17.7 Å². The maximum Gasteiger partial charge on any atom is 0.303 e. The first kappa shape index (κ1) is 78.4. The zero-order valence-electron chi connectivity index (χ0n) is 59.6. The molecule has 0 aliphatic heterocycles. The number of para-hydroxylation sites is 3. The van der Waals surface area contributed by atoms with Crippen LogP contribution in [-0.2, 0) is 34.0 Å². The molecule has 9 aromatic rings. The van der Waals surface area contributed by atoms with E-state index in [4.69, 9.17) is 29.5 Å². The molecule has 3 N–H and O–H groups in total. The Kier molecular flexibility index (Phi) is 32.5. The second-order valence-electron chi connectivity index (χ2n) is 25.6. The van der Waals surface area contributed by atoms with Crippen molar-refractivity contribution >= 4 is 35.6 Å². The number of pyridine rings is 2. The molecule has 0 saturated carbocycles. The fourth-order valence-corrected chi connectivity index (χ4v) is 11.2. The minimum atomic E-state index is -0.767. The minimum Gasteiger partial charge on any atom is -0.493 e. The van der Waals surface area contributed by atoms with Crippen molar-refractivity contribution in [2.75, 3.05) is 19.8 Å². The van der Waals surface area contributed by atoms with Gasteiger partial charge in [0, 0.05) is 115 Å². The summed E-state index contributed by atoms with van der Waals surface area (Å²) in [5.74, 6) is -0.0986. The van der Waals surface area contributed by atoms with Crippen LogP contribution in [-0.4, -0.2) is 114 Å². The molecule has 2 aromatic heterocycles. The molecule has 2 heterocycles. The molecule has 0 spiro atoms. The van der Waals surface area contributed by atoms with Gasteiger partial charge in [0.2, 0.25) is 0 Å². The first-order chi connectivity index (χ1) is 49.4. The van der Waals surface area contributed by atoms with E-state index in [2.05, 4.69) is 22.1 Å². The summed E-state index contributed by atoms with van der Waals surface area (Å²) in [7, 11) is 0. The second-order valence-corrected chi connectivity index (χ2v) is 25.6. The van der Waals surface area contributed by atoms with Crippen molar-refractivity contribution < 1.29 is 58.3 Å². The van der Waals surface area contributed by atoms with Crippen LogP contribution < -0.4 is 14.2 Å². The molecule has 17 nitrogen and oxygen atoms in total. The quantitative estimate of drug-likeness (QED) is 0.0311. The molecule has 0 radical (unpaired) electrons. The maximum atomic E-state index is 13.4. The normalized spacial score (nSPS) is 10.8. The van der Waals surface area contributed by atoms with Gasteiger partial charge in [-0.05, 0) is 206 Å². The van der Waals surface area contributed by atoms with Crippen molar-refractivity contribution in [1.82, 2.24) is 24.7 Å². The van der Waals surface area contributed by atoms with E-state index < -0.39 is 17.9 Å². The summed E-state index contributed by atoms with van der Waals surface area (Å²) in [4.78, 5) is 85.7. The third-order valence-electron chi connectivity index (χ3n) is 17.0. The highest BCUT2D eigenvalue weighted by atomic mass is 16.5. The molecule has 3 amide bonds. The molecule has 7 aromatic carbocycles. The van der Waals surface area contributed by atoms with Gasteiger partial charge in [-0.2, -0.15) is 0 Å². The van der Waals surface area contributed by atoms with Gasteiger partial charge in [-0.3, -0.25) is 38.7 Å². The molecule has 17 heteroatoms. The zero-order valence-corrected chi connectivity index (χ0v) is 59.6. The molecule has 0 aliphatic carbocycles. The molecule has 534 valence electrons. The van der Waals surface area contributed by atoms with Crippen LogP contribution >= 0.6 is 0 Å². The number of carbonyl (C=O) groups excluding carboxylic acids is 3. The Labute approximate surface area is 600 Å². The predicted molar refractivity (Wildman–Crippen MR) is 400 cm³/mol. The van der Waals surface area contributed by atoms with Crippen LogP contribution in [0.15, 0.2) is 225 Å². The fourth-order valence-electron chi connectivity index (χ4n) is 11.2. The second kappa shape index (κ2) is 42.2. The van der Waals surface area contributed by atoms with E-state index in [1.807, 2.05) is 244 Å². The van der Waals surface area contributed by atoms with E-state index in [0.29, 0.717) is 75.4 Å². The molecular weight excluding hydrogens is 1280 g/mol. The molecule has 9 rings (SSSR count). The van der Waals surface area contributed by atoms with Gasteiger partial charge < -0.3 is 44.2 Å². The summed E-state index contributed by atoms with van der Waals surface area (Å²) in [5.41, 5.74) is 11.1. The highest BCUT2D eigenvalue weighted by Gasteiger charge is 2.24. The summed E-state index contributed by atoms with van der Waals surface area (Å²) in [6.45, 7) is 15.0. The van der Waals surface area contributed by atoms with Crippen molar-refractivity contribution in [3.05, 3.63) is 258 Å². The lowest BCUT2D eigenvalue weighted by Crippen LogP contribution is -2.36. The van der Waals surface area contributed by atoms with E-state index in [1.54, 1.807) is 24.8 Å². The van der Waals surface area contributed by atoms with E-state index >= 15 is 0 Å². The van der Waals surface area contributed by atoms with Crippen LogP contribution in [0.1, 0.15) is 166 Å². The molecule has 0 fully saturated rings. The lowest BCUT2D eigenvalue weighted by atomic mass is 10.0. The molecule has 0 aliphatic rings. The Hall–Kier alpha value is -10.9. The topological polar surface area (TPSA) is 226 Å². The highest BCUT2D eigenvalue weighted by Crippen LogP contribution is 2.29. The number of carbonyl (C=O) groups is 6. The number of ether oxygens (including phenoxy) is 3. The van der Waals surface area contributed by atoms with Gasteiger partial charge in [-0.15, -0.1) is 0 Å². The lowest BCUT2D eigenvalue weighted by Gasteiger charge is -2.28. The highest BCUT2D eigenvalue weighted by molar-refractivity contribution is 5.96. The largest absolute Gasteiger partial charge is 0.493 e. The van der Waals surface area contributed by atoms with Crippen LogP contribution in [0.5, 0.6) is 17.2 Å². The van der Waals surface area contributed by atoms with Crippen LogP contribution in [0.2, 0.25) is 0 Å². The number of unbranched alkanes of at least 4 members (excludes halogenated alkanes) is 6. The molecule has 0 saturated heterocycles. The predicted octanol–water partition coefficient (Wildman–Crippen LogP) is 18.1. The van der Waals surface area contributed by atoms with E-state index in [0.717, 1.165) is 106 Å². The van der Waals surface area contributed by atoms with Crippen LogP contribution in [0.25, 0.3) is 33.4 Å². The van der Waals surface area contributed by atoms with Gasteiger partial charge in [0.15, 0.2) is 0 Å². The molecule has 102 heavy (non-hydrogen) atoms. The molecule has 0 bridgehead atoms. The first-order valence-electron chi connectivity index (χ1n) is 35.2. The monoisotopic (exact) mass is 1380 g/mol. The van der Waals surface area contributed by atoms with E-state index in [-0.39, 0.29) is 55.1 Å². The average Bonchev–Trinajstić information content (AvgIpc) is 0.837. The van der Waals surface area contributed by atoms with Gasteiger partial charge in [0.1, 0.15) is 17.2 Å². The summed E-state index contributed by atoms with van der Waals surface area (Å²) < 4.78 is 18.0.